The predicted octanol–water partition coefficient (Wildman–Crippen LogP) is 3.16. The maximum atomic E-state index is 13.1. The number of morpholine rings is 1. The third-order valence-electron chi connectivity index (χ3n) is 6.63. The van der Waals surface area contributed by atoms with Gasteiger partial charge in [0.15, 0.2) is 0 Å². The number of anilines is 2. The molecule has 1 atom stereocenters. The Balaban J connectivity index is 1.35. The minimum atomic E-state index is -3.69. The molecular weight excluding hydrogens is 466 g/mol. The molecule has 2 aliphatic rings. The van der Waals surface area contributed by atoms with E-state index in [0.717, 1.165) is 22.0 Å². The fourth-order valence-electron chi connectivity index (χ4n) is 4.63. The second-order valence-electron chi connectivity index (χ2n) is 8.89. The molecule has 0 saturated carbocycles. The van der Waals surface area contributed by atoms with Crippen LogP contribution in [0.2, 0.25) is 0 Å². The van der Waals surface area contributed by atoms with E-state index in [1.807, 2.05) is 49.4 Å². The third-order valence-corrected chi connectivity index (χ3v) is 8.52. The highest BCUT2D eigenvalue weighted by molar-refractivity contribution is 7.89. The van der Waals surface area contributed by atoms with Gasteiger partial charge in [-0.1, -0.05) is 42.5 Å². The van der Waals surface area contributed by atoms with Crippen LogP contribution in [0, 0.1) is 12.8 Å². The fraction of sp³-hybridized carbons (Fsp3) is 0.308. The number of ether oxygens (including phenoxy) is 1. The lowest BCUT2D eigenvalue weighted by atomic mass is 10.1. The van der Waals surface area contributed by atoms with Crippen molar-refractivity contribution in [3.05, 3.63) is 66.2 Å². The molecule has 0 bridgehead atoms. The minimum Gasteiger partial charge on any atom is -0.379 e. The van der Waals surface area contributed by atoms with E-state index < -0.39 is 15.9 Å². The van der Waals surface area contributed by atoms with Crippen molar-refractivity contribution >= 4 is 44.0 Å². The van der Waals surface area contributed by atoms with Crippen LogP contribution < -0.4 is 10.2 Å². The van der Waals surface area contributed by atoms with Gasteiger partial charge < -0.3 is 15.0 Å². The summed E-state index contributed by atoms with van der Waals surface area (Å²) in [6, 6.07) is 18.4. The van der Waals surface area contributed by atoms with Gasteiger partial charge in [0.2, 0.25) is 21.8 Å². The Morgan fingerprint density at radius 1 is 1.03 bits per heavy atom. The molecule has 2 saturated heterocycles. The molecule has 2 fully saturated rings. The van der Waals surface area contributed by atoms with E-state index in [1.165, 1.54) is 10.4 Å². The molecule has 2 aliphatic heterocycles. The van der Waals surface area contributed by atoms with Gasteiger partial charge in [0.05, 0.1) is 29.7 Å². The number of amides is 2. The Hall–Kier alpha value is -3.27. The van der Waals surface area contributed by atoms with Gasteiger partial charge in [0, 0.05) is 37.1 Å². The van der Waals surface area contributed by atoms with E-state index >= 15 is 0 Å². The van der Waals surface area contributed by atoms with Gasteiger partial charge in [0.1, 0.15) is 0 Å². The monoisotopic (exact) mass is 493 g/mol. The zero-order valence-electron chi connectivity index (χ0n) is 19.4. The first kappa shape index (κ1) is 23.5. The average molecular weight is 494 g/mol. The highest BCUT2D eigenvalue weighted by Crippen LogP contribution is 2.32. The molecule has 3 aromatic carbocycles. The molecule has 0 spiro atoms. The molecule has 0 aliphatic carbocycles. The molecule has 3 aromatic rings. The van der Waals surface area contributed by atoms with Crippen molar-refractivity contribution in [1.29, 1.82) is 0 Å². The first-order valence-electron chi connectivity index (χ1n) is 11.6. The van der Waals surface area contributed by atoms with Crippen molar-refractivity contribution in [3.63, 3.8) is 0 Å². The number of carbonyl (C=O) groups is 2. The number of carbonyl (C=O) groups excluding carboxylic acids is 2. The van der Waals surface area contributed by atoms with Gasteiger partial charge in [0.25, 0.3) is 0 Å². The smallest absolute Gasteiger partial charge is 0.243 e. The zero-order valence-corrected chi connectivity index (χ0v) is 20.3. The van der Waals surface area contributed by atoms with E-state index in [4.69, 9.17) is 4.74 Å². The van der Waals surface area contributed by atoms with Gasteiger partial charge in [-0.05, 0) is 36.1 Å². The highest BCUT2D eigenvalue weighted by Gasteiger charge is 2.36. The average Bonchev–Trinajstić information content (AvgIpc) is 3.27. The SMILES string of the molecule is Cc1ccc(S(=O)(=O)N2CCOCC2)cc1NC(=O)[C@@H]1CC(=O)N(c2cccc3ccccc23)C1. The number of aryl methyl sites for hydroxylation is 1. The fourth-order valence-corrected chi connectivity index (χ4v) is 6.06. The van der Waals surface area contributed by atoms with Gasteiger partial charge in [-0.25, -0.2) is 8.42 Å². The molecule has 182 valence electrons. The Labute approximate surface area is 204 Å². The highest BCUT2D eigenvalue weighted by atomic mass is 32.2. The first-order valence-corrected chi connectivity index (χ1v) is 13.1. The zero-order chi connectivity index (χ0) is 24.6. The first-order chi connectivity index (χ1) is 16.8. The Bertz CT molecular complexity index is 1390. The molecular formula is C26H27N3O5S. The van der Waals surface area contributed by atoms with E-state index in [-0.39, 0.29) is 29.7 Å². The van der Waals surface area contributed by atoms with Crippen LogP contribution >= 0.6 is 0 Å². The number of rotatable bonds is 5. The van der Waals surface area contributed by atoms with Crippen molar-refractivity contribution in [1.82, 2.24) is 4.31 Å². The summed E-state index contributed by atoms with van der Waals surface area (Å²) in [4.78, 5) is 27.8. The van der Waals surface area contributed by atoms with Gasteiger partial charge >= 0.3 is 0 Å². The lowest BCUT2D eigenvalue weighted by Gasteiger charge is -2.26. The normalized spacial score (nSPS) is 19.3. The van der Waals surface area contributed by atoms with Crippen LogP contribution in [0.25, 0.3) is 10.8 Å². The van der Waals surface area contributed by atoms with Crippen LogP contribution in [-0.4, -0.2) is 57.4 Å². The molecule has 0 unspecified atom stereocenters. The number of sulfonamides is 1. The summed E-state index contributed by atoms with van der Waals surface area (Å²) in [5.74, 6) is -0.952. The summed E-state index contributed by atoms with van der Waals surface area (Å²) < 4.78 is 32.8. The second kappa shape index (κ2) is 9.41. The number of nitrogens with zero attached hydrogens (tertiary/aromatic N) is 2. The van der Waals surface area contributed by atoms with Gasteiger partial charge in [-0.15, -0.1) is 0 Å². The second-order valence-corrected chi connectivity index (χ2v) is 10.8. The number of benzene rings is 3. The number of nitrogens with one attached hydrogen (secondary N) is 1. The molecule has 5 rings (SSSR count). The summed E-state index contributed by atoms with van der Waals surface area (Å²) in [6.45, 7) is 3.39. The van der Waals surface area contributed by atoms with Crippen LogP contribution in [0.1, 0.15) is 12.0 Å². The predicted molar refractivity (Wildman–Crippen MR) is 134 cm³/mol. The summed E-state index contributed by atoms with van der Waals surface area (Å²) in [5, 5.41) is 4.86. The lowest BCUT2D eigenvalue weighted by Crippen LogP contribution is -2.40. The van der Waals surface area contributed by atoms with Crippen molar-refractivity contribution in [2.45, 2.75) is 18.2 Å². The Morgan fingerprint density at radius 3 is 2.57 bits per heavy atom. The summed E-state index contributed by atoms with van der Waals surface area (Å²) in [7, 11) is -3.69. The van der Waals surface area contributed by atoms with Crippen molar-refractivity contribution < 1.29 is 22.7 Å². The summed E-state index contributed by atoms with van der Waals surface area (Å²) in [6.07, 6.45) is 0.0971. The number of fused-ring (bicyclic) bond motifs is 1. The number of hydrogen-bond acceptors (Lipinski definition) is 5. The van der Waals surface area contributed by atoms with Crippen LogP contribution in [0.3, 0.4) is 0 Å². The lowest BCUT2D eigenvalue weighted by molar-refractivity contribution is -0.122. The maximum Gasteiger partial charge on any atom is 0.243 e. The molecule has 0 radical (unpaired) electrons. The standard InChI is InChI=1S/C26H27N3O5S/c1-18-9-10-21(35(32,33)28-11-13-34-14-12-28)16-23(18)27-26(31)20-15-25(30)29(17-20)24-8-4-6-19-5-2-3-7-22(19)24/h2-10,16,20H,11-15,17H2,1H3,(H,27,31)/t20-/m1/s1. The van der Waals surface area contributed by atoms with Crippen molar-refractivity contribution in [2.24, 2.45) is 5.92 Å². The van der Waals surface area contributed by atoms with Crippen LogP contribution in [0.4, 0.5) is 11.4 Å². The van der Waals surface area contributed by atoms with Gasteiger partial charge in [-0.2, -0.15) is 4.31 Å². The molecule has 1 N–H and O–H groups in total. The Kier molecular flexibility index (Phi) is 6.31. The maximum absolute atomic E-state index is 13.1. The van der Waals surface area contributed by atoms with Crippen LogP contribution in [0.15, 0.2) is 65.6 Å². The summed E-state index contributed by atoms with van der Waals surface area (Å²) >= 11 is 0. The molecule has 0 aromatic heterocycles. The number of hydrogen-bond donors (Lipinski definition) is 1. The van der Waals surface area contributed by atoms with E-state index in [9.17, 15) is 18.0 Å². The quantitative estimate of drug-likeness (QED) is 0.589. The van der Waals surface area contributed by atoms with E-state index in [2.05, 4.69) is 5.32 Å². The molecule has 8 nitrogen and oxygen atoms in total. The minimum absolute atomic E-state index is 0.0971. The largest absolute Gasteiger partial charge is 0.379 e. The van der Waals surface area contributed by atoms with E-state index in [1.54, 1.807) is 17.0 Å². The van der Waals surface area contributed by atoms with E-state index in [0.29, 0.717) is 32.0 Å². The van der Waals surface area contributed by atoms with Crippen LogP contribution in [0.5, 0.6) is 0 Å². The van der Waals surface area contributed by atoms with Crippen molar-refractivity contribution in [3.8, 4) is 0 Å². The van der Waals surface area contributed by atoms with Crippen LogP contribution in [-0.2, 0) is 24.3 Å². The van der Waals surface area contributed by atoms with Gasteiger partial charge in [-0.3, -0.25) is 9.59 Å². The Morgan fingerprint density at radius 2 is 1.77 bits per heavy atom. The summed E-state index contributed by atoms with van der Waals surface area (Å²) in [5.41, 5.74) is 1.97. The molecule has 2 heterocycles. The molecule has 9 heteroatoms. The van der Waals surface area contributed by atoms with Crippen molar-refractivity contribution in [2.75, 3.05) is 43.1 Å². The molecule has 35 heavy (non-hydrogen) atoms. The topological polar surface area (TPSA) is 96.0 Å². The molecule has 2 amide bonds. The third kappa shape index (κ3) is 4.54.